The van der Waals surface area contributed by atoms with E-state index in [0.717, 1.165) is 24.8 Å². The SMILES string of the molecule is O=c1c2c([nH]n1C1CCCCCC1)CCC2. The van der Waals surface area contributed by atoms with E-state index >= 15 is 0 Å². The molecule has 2 aliphatic rings. The van der Waals surface area contributed by atoms with Crippen LogP contribution in [0.4, 0.5) is 0 Å². The molecule has 2 aliphatic carbocycles. The quantitative estimate of drug-likeness (QED) is 0.726. The molecule has 0 spiro atoms. The first kappa shape index (κ1) is 10.2. The normalized spacial score (nSPS) is 22.0. The fourth-order valence-electron chi connectivity index (χ4n) is 3.22. The molecular weight excluding hydrogens is 200 g/mol. The lowest BCUT2D eigenvalue weighted by atomic mass is 10.1. The molecule has 3 nitrogen and oxygen atoms in total. The molecule has 0 aromatic carbocycles. The summed E-state index contributed by atoms with van der Waals surface area (Å²) in [6.45, 7) is 0. The summed E-state index contributed by atoms with van der Waals surface area (Å²) in [4.78, 5) is 12.2. The number of fused-ring (bicyclic) bond motifs is 1. The predicted octanol–water partition coefficient (Wildman–Crippen LogP) is 2.56. The van der Waals surface area contributed by atoms with E-state index in [1.807, 2.05) is 4.68 Å². The molecular formula is C13H20N2O. The van der Waals surface area contributed by atoms with Gasteiger partial charge in [-0.2, -0.15) is 0 Å². The highest BCUT2D eigenvalue weighted by Crippen LogP contribution is 2.27. The lowest BCUT2D eigenvalue weighted by Crippen LogP contribution is -2.24. The average Bonchev–Trinajstić information content (AvgIpc) is 2.74. The van der Waals surface area contributed by atoms with Crippen LogP contribution in [0, 0.1) is 0 Å². The molecule has 0 radical (unpaired) electrons. The number of aryl methyl sites for hydroxylation is 1. The first-order chi connectivity index (χ1) is 7.86. The van der Waals surface area contributed by atoms with Crippen LogP contribution < -0.4 is 5.56 Å². The van der Waals surface area contributed by atoms with Gasteiger partial charge in [-0.25, -0.2) is 4.68 Å². The van der Waals surface area contributed by atoms with Crippen molar-refractivity contribution in [2.24, 2.45) is 0 Å². The van der Waals surface area contributed by atoms with Gasteiger partial charge in [0.15, 0.2) is 0 Å². The first-order valence-electron chi connectivity index (χ1n) is 6.68. The summed E-state index contributed by atoms with van der Waals surface area (Å²) < 4.78 is 1.94. The minimum atomic E-state index is 0.277. The topological polar surface area (TPSA) is 37.8 Å². The standard InChI is InChI=1S/C13H20N2O/c16-13-11-8-5-9-12(11)14-15(13)10-6-3-1-2-4-7-10/h10,14H,1-9H2. The molecule has 0 aliphatic heterocycles. The lowest BCUT2D eigenvalue weighted by Gasteiger charge is -2.14. The van der Waals surface area contributed by atoms with E-state index in [1.54, 1.807) is 0 Å². The molecule has 16 heavy (non-hydrogen) atoms. The summed E-state index contributed by atoms with van der Waals surface area (Å²) in [5.41, 5.74) is 2.57. The van der Waals surface area contributed by atoms with Crippen LogP contribution in [-0.4, -0.2) is 9.78 Å². The molecule has 1 aromatic heterocycles. The van der Waals surface area contributed by atoms with Gasteiger partial charge < -0.3 is 0 Å². The molecule has 0 unspecified atom stereocenters. The van der Waals surface area contributed by atoms with Crippen LogP contribution >= 0.6 is 0 Å². The van der Waals surface area contributed by atoms with Crippen molar-refractivity contribution < 1.29 is 0 Å². The second-order valence-electron chi connectivity index (χ2n) is 5.24. The molecule has 1 N–H and O–H groups in total. The second-order valence-corrected chi connectivity index (χ2v) is 5.24. The smallest absolute Gasteiger partial charge is 0.270 e. The van der Waals surface area contributed by atoms with Gasteiger partial charge in [-0.3, -0.25) is 9.89 Å². The van der Waals surface area contributed by atoms with E-state index < -0.39 is 0 Å². The van der Waals surface area contributed by atoms with E-state index in [4.69, 9.17) is 0 Å². The summed E-state index contributed by atoms with van der Waals surface area (Å²) in [6, 6.07) is 0.445. The number of H-pyrrole nitrogens is 1. The Morgan fingerprint density at radius 3 is 2.44 bits per heavy atom. The molecule has 3 heteroatoms. The zero-order valence-electron chi connectivity index (χ0n) is 9.80. The fraction of sp³-hybridized carbons (Fsp3) is 0.769. The van der Waals surface area contributed by atoms with E-state index in [2.05, 4.69) is 5.10 Å². The first-order valence-corrected chi connectivity index (χ1v) is 6.68. The summed E-state index contributed by atoms with van der Waals surface area (Å²) in [7, 11) is 0. The maximum atomic E-state index is 12.2. The van der Waals surface area contributed by atoms with Gasteiger partial charge in [-0.1, -0.05) is 25.7 Å². The van der Waals surface area contributed by atoms with Gasteiger partial charge in [-0.05, 0) is 32.1 Å². The summed E-state index contributed by atoms with van der Waals surface area (Å²) in [5.74, 6) is 0. The molecule has 1 aromatic rings. The highest BCUT2D eigenvalue weighted by Gasteiger charge is 2.23. The molecule has 0 bridgehead atoms. The molecule has 3 rings (SSSR count). The number of hydrogen-bond donors (Lipinski definition) is 1. The Balaban J connectivity index is 1.91. The Morgan fingerprint density at radius 1 is 1.00 bits per heavy atom. The number of aromatic nitrogens is 2. The Hall–Kier alpha value is -0.990. The van der Waals surface area contributed by atoms with Gasteiger partial charge >= 0.3 is 0 Å². The molecule has 1 saturated carbocycles. The Bertz CT molecular complexity index is 422. The predicted molar refractivity (Wildman–Crippen MR) is 63.8 cm³/mol. The molecule has 1 fully saturated rings. The lowest BCUT2D eigenvalue weighted by molar-refractivity contribution is 0.392. The van der Waals surface area contributed by atoms with Crippen LogP contribution in [0.3, 0.4) is 0 Å². The summed E-state index contributed by atoms with van der Waals surface area (Å²) in [5, 5.41) is 3.36. The monoisotopic (exact) mass is 220 g/mol. The van der Waals surface area contributed by atoms with E-state index in [0.29, 0.717) is 6.04 Å². The van der Waals surface area contributed by atoms with Gasteiger partial charge in [0, 0.05) is 11.3 Å². The average molecular weight is 220 g/mol. The van der Waals surface area contributed by atoms with E-state index in [1.165, 1.54) is 44.2 Å². The fourth-order valence-corrected chi connectivity index (χ4v) is 3.22. The molecule has 1 heterocycles. The molecule has 0 saturated heterocycles. The van der Waals surface area contributed by atoms with Crippen molar-refractivity contribution in [3.05, 3.63) is 21.6 Å². The van der Waals surface area contributed by atoms with Gasteiger partial charge in [0.1, 0.15) is 0 Å². The van der Waals surface area contributed by atoms with Crippen LogP contribution in [-0.2, 0) is 12.8 Å². The third-order valence-electron chi connectivity index (χ3n) is 4.14. The van der Waals surface area contributed by atoms with Gasteiger partial charge in [0.25, 0.3) is 5.56 Å². The Kier molecular flexibility index (Phi) is 2.62. The van der Waals surface area contributed by atoms with Crippen molar-refractivity contribution in [3.8, 4) is 0 Å². The number of nitrogens with zero attached hydrogens (tertiary/aromatic N) is 1. The highest BCUT2D eigenvalue weighted by atomic mass is 16.1. The van der Waals surface area contributed by atoms with Gasteiger partial charge in [-0.15, -0.1) is 0 Å². The van der Waals surface area contributed by atoms with Crippen LogP contribution in [0.2, 0.25) is 0 Å². The third kappa shape index (κ3) is 1.62. The number of hydrogen-bond acceptors (Lipinski definition) is 1. The van der Waals surface area contributed by atoms with E-state index in [-0.39, 0.29) is 5.56 Å². The van der Waals surface area contributed by atoms with Crippen molar-refractivity contribution in [2.45, 2.75) is 63.8 Å². The minimum absolute atomic E-state index is 0.277. The zero-order valence-corrected chi connectivity index (χ0v) is 9.80. The Morgan fingerprint density at radius 2 is 1.75 bits per heavy atom. The minimum Gasteiger partial charge on any atom is -0.299 e. The number of nitrogens with one attached hydrogen (secondary N) is 1. The highest BCUT2D eigenvalue weighted by molar-refractivity contribution is 5.22. The van der Waals surface area contributed by atoms with Gasteiger partial charge in [0.2, 0.25) is 0 Å². The van der Waals surface area contributed by atoms with Gasteiger partial charge in [0.05, 0.1) is 6.04 Å². The van der Waals surface area contributed by atoms with Crippen molar-refractivity contribution in [1.82, 2.24) is 9.78 Å². The maximum absolute atomic E-state index is 12.2. The zero-order chi connectivity index (χ0) is 11.0. The van der Waals surface area contributed by atoms with E-state index in [9.17, 15) is 4.79 Å². The van der Waals surface area contributed by atoms with Crippen molar-refractivity contribution >= 4 is 0 Å². The van der Waals surface area contributed by atoms with Crippen LogP contribution in [0.15, 0.2) is 4.79 Å². The maximum Gasteiger partial charge on any atom is 0.270 e. The Labute approximate surface area is 95.8 Å². The van der Waals surface area contributed by atoms with Crippen molar-refractivity contribution in [1.29, 1.82) is 0 Å². The largest absolute Gasteiger partial charge is 0.299 e. The molecule has 0 atom stereocenters. The van der Waals surface area contributed by atoms with Crippen LogP contribution in [0.1, 0.15) is 62.2 Å². The number of aromatic amines is 1. The number of rotatable bonds is 1. The second kappa shape index (κ2) is 4.11. The van der Waals surface area contributed by atoms with Crippen LogP contribution in [0.5, 0.6) is 0 Å². The summed E-state index contributed by atoms with van der Waals surface area (Å²) >= 11 is 0. The third-order valence-corrected chi connectivity index (χ3v) is 4.14. The van der Waals surface area contributed by atoms with Crippen LogP contribution in [0.25, 0.3) is 0 Å². The van der Waals surface area contributed by atoms with Crippen molar-refractivity contribution in [2.75, 3.05) is 0 Å². The molecule has 0 amide bonds. The summed E-state index contributed by atoms with van der Waals surface area (Å²) in [6.07, 6.45) is 10.8. The van der Waals surface area contributed by atoms with Crippen molar-refractivity contribution in [3.63, 3.8) is 0 Å². The molecule has 88 valence electrons.